The molecule has 1 heteroatoms. The predicted octanol–water partition coefficient (Wildman–Crippen LogP) is 1.96. The van der Waals surface area contributed by atoms with Gasteiger partial charge in [0.25, 0.3) is 0 Å². The molecule has 54 valence electrons. The van der Waals surface area contributed by atoms with Crippen LogP contribution < -0.4 is 4.35 Å². The Hall–Kier alpha value is -0.222. The fourth-order valence-corrected chi connectivity index (χ4v) is 3.51. The van der Waals surface area contributed by atoms with E-state index in [4.69, 9.17) is 0 Å². The fourth-order valence-electron chi connectivity index (χ4n) is 1.07. The molecule has 0 aliphatic carbocycles. The minimum atomic E-state index is -0.629. The summed E-state index contributed by atoms with van der Waals surface area (Å²) in [6.07, 6.45) is 0. The van der Waals surface area contributed by atoms with Gasteiger partial charge in [0.1, 0.15) is 0 Å². The Kier molecular flexibility index (Phi) is 2.56. The first-order valence-corrected chi connectivity index (χ1v) is 8.14. The molecule has 0 radical (unpaired) electrons. The van der Waals surface area contributed by atoms with Crippen LogP contribution in [0.1, 0.15) is 5.56 Å². The molecule has 0 nitrogen and oxygen atoms in total. The van der Waals surface area contributed by atoms with Crippen molar-refractivity contribution in [1.29, 1.82) is 0 Å². The third-order valence-corrected chi connectivity index (χ3v) is 4.67. The summed E-state index contributed by atoms with van der Waals surface area (Å²) in [4.78, 5) is 0. The zero-order valence-electron chi connectivity index (χ0n) is 6.76. The van der Waals surface area contributed by atoms with E-state index < -0.39 is 14.7 Å². The van der Waals surface area contributed by atoms with Gasteiger partial charge < -0.3 is 0 Å². The molecule has 1 aromatic rings. The van der Waals surface area contributed by atoms with Gasteiger partial charge in [0.15, 0.2) is 0 Å². The van der Waals surface area contributed by atoms with E-state index in [1.807, 2.05) is 0 Å². The van der Waals surface area contributed by atoms with Crippen molar-refractivity contribution in [3.63, 3.8) is 0 Å². The molecule has 0 N–H and O–H groups in total. The Morgan fingerprint density at radius 2 is 1.70 bits per heavy atom. The summed E-state index contributed by atoms with van der Waals surface area (Å²) in [6, 6.07) is 8.70. The average molecular weight is 196 g/mol. The zero-order chi connectivity index (χ0) is 7.56. The second-order valence-corrected chi connectivity index (χ2v) is 7.44. The van der Waals surface area contributed by atoms with Crippen molar-refractivity contribution < 1.29 is 0 Å². The van der Waals surface area contributed by atoms with Gasteiger partial charge in [-0.25, -0.2) is 0 Å². The van der Waals surface area contributed by atoms with Gasteiger partial charge in [0.2, 0.25) is 0 Å². The first-order valence-electron chi connectivity index (χ1n) is 3.45. The van der Waals surface area contributed by atoms with Crippen molar-refractivity contribution in [1.82, 2.24) is 0 Å². The van der Waals surface area contributed by atoms with E-state index in [0.717, 1.165) is 0 Å². The summed E-state index contributed by atoms with van der Waals surface area (Å²) in [5.74, 6) is 0. The van der Waals surface area contributed by atoms with E-state index in [1.54, 1.807) is 4.35 Å². The first kappa shape index (κ1) is 7.88. The number of benzene rings is 1. The number of rotatable bonds is 1. The van der Waals surface area contributed by atoms with Crippen LogP contribution in [0.15, 0.2) is 24.3 Å². The van der Waals surface area contributed by atoms with Gasteiger partial charge in [0, 0.05) is 0 Å². The third-order valence-electron chi connectivity index (χ3n) is 1.60. The van der Waals surface area contributed by atoms with Crippen LogP contribution in [0.3, 0.4) is 0 Å². The predicted molar refractivity (Wildman–Crippen MR) is 48.3 cm³/mol. The van der Waals surface area contributed by atoms with E-state index in [1.165, 1.54) is 5.56 Å². The first-order chi connectivity index (χ1) is 4.72. The molecule has 10 heavy (non-hydrogen) atoms. The van der Waals surface area contributed by atoms with Crippen LogP contribution in [0.25, 0.3) is 0 Å². The summed E-state index contributed by atoms with van der Waals surface area (Å²) in [7, 11) is 0. The van der Waals surface area contributed by atoms with E-state index in [2.05, 4.69) is 42.6 Å². The Labute approximate surface area is 67.5 Å². The Morgan fingerprint density at radius 1 is 1.10 bits per heavy atom. The molecule has 1 rings (SSSR count). The number of hydrogen-bond donors (Lipinski definition) is 0. The van der Waals surface area contributed by atoms with Crippen molar-refractivity contribution in [2.45, 2.75) is 18.3 Å². The second-order valence-electron chi connectivity index (χ2n) is 2.68. The van der Waals surface area contributed by atoms with Crippen molar-refractivity contribution >= 4 is 19.0 Å². The van der Waals surface area contributed by atoms with E-state index in [9.17, 15) is 0 Å². The fraction of sp³-hybridized carbons (Fsp3) is 0.333. The van der Waals surface area contributed by atoms with Crippen molar-refractivity contribution in [3.8, 4) is 0 Å². The number of hydrogen-bond acceptors (Lipinski definition) is 0. The Morgan fingerprint density at radius 3 is 2.10 bits per heavy atom. The van der Waals surface area contributed by atoms with Gasteiger partial charge in [-0.1, -0.05) is 0 Å². The molecule has 0 bridgehead atoms. The minimum absolute atomic E-state index is 0.629. The molecule has 0 aromatic heterocycles. The van der Waals surface area contributed by atoms with Gasteiger partial charge in [-0.3, -0.25) is 0 Å². The third kappa shape index (κ3) is 1.64. The molecule has 0 aliphatic heterocycles. The molecule has 0 amide bonds. The summed E-state index contributed by atoms with van der Waals surface area (Å²) in [5, 5.41) is 0. The SMILES string of the molecule is Cc1ccccc1[As](C)C. The van der Waals surface area contributed by atoms with Crippen molar-refractivity contribution in [2.24, 2.45) is 0 Å². The molecule has 0 heterocycles. The van der Waals surface area contributed by atoms with Crippen LogP contribution in [0, 0.1) is 6.92 Å². The molecule has 0 spiro atoms. The molecular weight excluding hydrogens is 183 g/mol. The maximum absolute atomic E-state index is 2.37. The molecule has 0 fully saturated rings. The quantitative estimate of drug-likeness (QED) is 0.602. The Balaban J connectivity index is 3.03. The topological polar surface area (TPSA) is 0 Å². The number of aryl methyl sites for hydroxylation is 1. The van der Waals surface area contributed by atoms with Crippen molar-refractivity contribution in [3.05, 3.63) is 29.8 Å². The van der Waals surface area contributed by atoms with E-state index >= 15 is 0 Å². The van der Waals surface area contributed by atoms with Crippen molar-refractivity contribution in [2.75, 3.05) is 0 Å². The summed E-state index contributed by atoms with van der Waals surface area (Å²) < 4.78 is 1.61. The van der Waals surface area contributed by atoms with Crippen LogP contribution in [-0.4, -0.2) is 14.7 Å². The van der Waals surface area contributed by atoms with E-state index in [0.29, 0.717) is 0 Å². The van der Waals surface area contributed by atoms with Crippen LogP contribution in [-0.2, 0) is 0 Å². The standard InChI is InChI=1S/C9H13As/c1-8-6-4-5-7-9(8)10(2)3/h4-7H,1-3H3. The monoisotopic (exact) mass is 196 g/mol. The molecule has 0 saturated carbocycles. The summed E-state index contributed by atoms with van der Waals surface area (Å²) in [6.45, 7) is 2.20. The van der Waals surface area contributed by atoms with Crippen LogP contribution >= 0.6 is 0 Å². The van der Waals surface area contributed by atoms with Gasteiger partial charge in [-0.05, 0) is 0 Å². The van der Waals surface area contributed by atoms with Gasteiger partial charge in [0.05, 0.1) is 0 Å². The molecule has 0 saturated heterocycles. The Bertz CT molecular complexity index is 216. The molecular formula is C9H13As. The van der Waals surface area contributed by atoms with Gasteiger partial charge in [-0.2, -0.15) is 0 Å². The van der Waals surface area contributed by atoms with Crippen LogP contribution in [0.2, 0.25) is 11.4 Å². The molecule has 0 unspecified atom stereocenters. The van der Waals surface area contributed by atoms with Crippen LogP contribution in [0.4, 0.5) is 0 Å². The van der Waals surface area contributed by atoms with Gasteiger partial charge in [-0.15, -0.1) is 0 Å². The average Bonchev–Trinajstić information content (AvgIpc) is 1.88. The zero-order valence-corrected chi connectivity index (χ0v) is 8.63. The normalized spacial score (nSPS) is 10.4. The second kappa shape index (κ2) is 3.25. The van der Waals surface area contributed by atoms with E-state index in [-0.39, 0.29) is 0 Å². The molecule has 0 aliphatic rings. The molecule has 0 atom stereocenters. The molecule has 1 aromatic carbocycles. The van der Waals surface area contributed by atoms with Crippen LogP contribution in [0.5, 0.6) is 0 Å². The maximum atomic E-state index is 2.37. The summed E-state index contributed by atoms with van der Waals surface area (Å²) in [5.41, 5.74) is 6.21. The summed E-state index contributed by atoms with van der Waals surface area (Å²) >= 11 is -0.629. The van der Waals surface area contributed by atoms with Gasteiger partial charge >= 0.3 is 67.2 Å².